The fourth-order valence-corrected chi connectivity index (χ4v) is 2.13. The van der Waals surface area contributed by atoms with Crippen molar-refractivity contribution in [1.29, 1.82) is 0 Å². The molecule has 0 aliphatic carbocycles. The van der Waals surface area contributed by atoms with E-state index in [2.05, 4.69) is 17.0 Å². The first kappa shape index (κ1) is 14.3. The van der Waals surface area contributed by atoms with E-state index in [1.165, 1.54) is 37.9 Å². The van der Waals surface area contributed by atoms with Gasteiger partial charge in [0.2, 0.25) is 0 Å². The maximum Gasteiger partial charge on any atom is 0.0681 e. The van der Waals surface area contributed by atoms with Gasteiger partial charge in [0.25, 0.3) is 0 Å². The number of likely N-dealkylation sites (tertiary alicyclic amines) is 1. The first-order valence-corrected chi connectivity index (χ1v) is 5.79. The van der Waals surface area contributed by atoms with Crippen molar-refractivity contribution in [3.63, 3.8) is 0 Å². The summed E-state index contributed by atoms with van der Waals surface area (Å²) >= 11 is 0. The summed E-state index contributed by atoms with van der Waals surface area (Å²) in [5.74, 6) is 0. The molecule has 1 fully saturated rings. The van der Waals surface area contributed by atoms with E-state index < -0.39 is 0 Å². The van der Waals surface area contributed by atoms with Crippen LogP contribution in [0.1, 0.15) is 30.4 Å². The molecular formula is C13H19NOY. The molecule has 16 heavy (non-hydrogen) atoms. The van der Waals surface area contributed by atoms with Crippen LogP contribution >= 0.6 is 0 Å². The van der Waals surface area contributed by atoms with E-state index in [-0.39, 0.29) is 39.3 Å². The molecule has 0 aromatic heterocycles. The molecule has 85 valence electrons. The topological polar surface area (TPSA) is 23.5 Å². The second kappa shape index (κ2) is 7.55. The van der Waals surface area contributed by atoms with Gasteiger partial charge in [-0.2, -0.15) is 0 Å². The van der Waals surface area contributed by atoms with Crippen LogP contribution in [0.15, 0.2) is 24.3 Å². The third kappa shape index (κ3) is 4.25. The summed E-state index contributed by atoms with van der Waals surface area (Å²) in [6, 6.07) is 8.28. The fourth-order valence-electron chi connectivity index (χ4n) is 2.13. The summed E-state index contributed by atoms with van der Waals surface area (Å²) in [5.41, 5.74) is 2.35. The first-order valence-electron chi connectivity index (χ1n) is 5.79. The fraction of sp³-hybridized carbons (Fsp3) is 0.538. The van der Waals surface area contributed by atoms with Crippen LogP contribution in [-0.2, 0) is 45.9 Å². The molecule has 2 nitrogen and oxygen atoms in total. The van der Waals surface area contributed by atoms with E-state index in [1.807, 2.05) is 12.1 Å². The summed E-state index contributed by atoms with van der Waals surface area (Å²) in [5, 5.41) is 8.94. The van der Waals surface area contributed by atoms with Crippen molar-refractivity contribution in [1.82, 2.24) is 4.90 Å². The van der Waals surface area contributed by atoms with Crippen molar-refractivity contribution in [2.75, 3.05) is 13.1 Å². The number of aliphatic hydroxyl groups is 1. The molecule has 0 amide bonds. The predicted octanol–water partition coefficient (Wildman–Crippen LogP) is 2.16. The van der Waals surface area contributed by atoms with Crippen LogP contribution in [0.3, 0.4) is 0 Å². The second-order valence-electron chi connectivity index (χ2n) is 4.31. The summed E-state index contributed by atoms with van der Waals surface area (Å²) in [4.78, 5) is 2.51. The van der Waals surface area contributed by atoms with Gasteiger partial charge in [0, 0.05) is 39.3 Å². The van der Waals surface area contributed by atoms with Gasteiger partial charge in [-0.05, 0) is 37.1 Å². The van der Waals surface area contributed by atoms with Gasteiger partial charge < -0.3 is 5.11 Å². The molecule has 0 unspecified atom stereocenters. The normalized spacial score (nSPS) is 16.8. The molecule has 0 spiro atoms. The van der Waals surface area contributed by atoms with Crippen molar-refractivity contribution in [2.24, 2.45) is 0 Å². The summed E-state index contributed by atoms with van der Waals surface area (Å²) in [6.07, 6.45) is 4.07. The third-order valence-corrected chi connectivity index (χ3v) is 3.06. The number of benzene rings is 1. The predicted molar refractivity (Wildman–Crippen MR) is 61.5 cm³/mol. The van der Waals surface area contributed by atoms with Crippen molar-refractivity contribution < 1.29 is 37.8 Å². The summed E-state index contributed by atoms with van der Waals surface area (Å²) in [7, 11) is 0. The SMILES string of the molecule is OCc1ccc(CN2CCCCC2)cc1.[Y]. The van der Waals surface area contributed by atoms with Gasteiger partial charge in [0.05, 0.1) is 6.61 Å². The molecule has 1 radical (unpaired) electrons. The van der Waals surface area contributed by atoms with Gasteiger partial charge >= 0.3 is 0 Å². The van der Waals surface area contributed by atoms with E-state index in [0.29, 0.717) is 0 Å². The van der Waals surface area contributed by atoms with E-state index in [4.69, 9.17) is 5.11 Å². The molecule has 0 saturated carbocycles. The zero-order chi connectivity index (χ0) is 10.5. The third-order valence-electron chi connectivity index (χ3n) is 3.06. The number of nitrogens with zero attached hydrogens (tertiary/aromatic N) is 1. The molecule has 2 rings (SSSR count). The van der Waals surface area contributed by atoms with Gasteiger partial charge in [0.15, 0.2) is 0 Å². The van der Waals surface area contributed by atoms with Crippen LogP contribution in [-0.4, -0.2) is 23.1 Å². The Hall–Kier alpha value is 0.244. The Balaban J connectivity index is 0.00000128. The summed E-state index contributed by atoms with van der Waals surface area (Å²) < 4.78 is 0. The number of hydrogen-bond acceptors (Lipinski definition) is 2. The number of hydrogen-bond donors (Lipinski definition) is 1. The Morgan fingerprint density at radius 2 is 1.50 bits per heavy atom. The Morgan fingerprint density at radius 3 is 2.06 bits per heavy atom. The Morgan fingerprint density at radius 1 is 0.938 bits per heavy atom. The monoisotopic (exact) mass is 294 g/mol. The molecule has 3 heteroatoms. The Kier molecular flexibility index (Phi) is 6.75. The number of aliphatic hydroxyl groups excluding tert-OH is 1. The standard InChI is InChI=1S/C13H19NO.Y/c15-11-13-6-4-12(5-7-13)10-14-8-2-1-3-9-14;/h4-7,15H,1-3,8-11H2;. The minimum absolute atomic E-state index is 0. The Labute approximate surface area is 123 Å². The molecular weight excluding hydrogens is 275 g/mol. The van der Waals surface area contributed by atoms with Crippen LogP contribution in [0.5, 0.6) is 0 Å². The average molecular weight is 294 g/mol. The molecule has 1 saturated heterocycles. The van der Waals surface area contributed by atoms with Gasteiger partial charge in [0.1, 0.15) is 0 Å². The molecule has 1 N–H and O–H groups in total. The quantitative estimate of drug-likeness (QED) is 0.923. The molecule has 1 aromatic rings. The van der Waals surface area contributed by atoms with E-state index in [9.17, 15) is 0 Å². The van der Waals surface area contributed by atoms with Gasteiger partial charge in [-0.15, -0.1) is 0 Å². The number of rotatable bonds is 3. The minimum atomic E-state index is 0. The average Bonchev–Trinajstić information content (AvgIpc) is 2.31. The Bertz CT molecular complexity index is 293. The maximum absolute atomic E-state index is 8.94. The van der Waals surface area contributed by atoms with Gasteiger partial charge in [-0.3, -0.25) is 4.90 Å². The maximum atomic E-state index is 8.94. The molecule has 0 atom stereocenters. The van der Waals surface area contributed by atoms with Crippen molar-refractivity contribution in [2.45, 2.75) is 32.4 Å². The van der Waals surface area contributed by atoms with E-state index in [1.54, 1.807) is 0 Å². The smallest absolute Gasteiger partial charge is 0.0681 e. The van der Waals surface area contributed by atoms with E-state index >= 15 is 0 Å². The summed E-state index contributed by atoms with van der Waals surface area (Å²) in [6.45, 7) is 3.68. The van der Waals surface area contributed by atoms with Crippen LogP contribution in [0.25, 0.3) is 0 Å². The van der Waals surface area contributed by atoms with Crippen LogP contribution in [0, 0.1) is 0 Å². The van der Waals surface area contributed by atoms with Crippen molar-refractivity contribution in [3.05, 3.63) is 35.4 Å². The first-order chi connectivity index (χ1) is 7.38. The van der Waals surface area contributed by atoms with E-state index in [0.717, 1.165) is 12.1 Å². The van der Waals surface area contributed by atoms with Crippen molar-refractivity contribution >= 4 is 0 Å². The van der Waals surface area contributed by atoms with Crippen LogP contribution in [0.4, 0.5) is 0 Å². The van der Waals surface area contributed by atoms with Crippen LogP contribution in [0.2, 0.25) is 0 Å². The number of piperidine rings is 1. The van der Waals surface area contributed by atoms with Crippen LogP contribution < -0.4 is 0 Å². The minimum Gasteiger partial charge on any atom is -0.392 e. The molecule has 1 heterocycles. The largest absolute Gasteiger partial charge is 0.392 e. The van der Waals surface area contributed by atoms with Crippen molar-refractivity contribution in [3.8, 4) is 0 Å². The van der Waals surface area contributed by atoms with Gasteiger partial charge in [-0.1, -0.05) is 30.7 Å². The second-order valence-corrected chi connectivity index (χ2v) is 4.31. The molecule has 1 aromatic carbocycles. The van der Waals surface area contributed by atoms with Gasteiger partial charge in [-0.25, -0.2) is 0 Å². The molecule has 0 bridgehead atoms. The zero-order valence-corrected chi connectivity index (χ0v) is 12.6. The zero-order valence-electron chi connectivity index (χ0n) is 9.73. The molecule has 1 aliphatic rings. The molecule has 1 aliphatic heterocycles.